The van der Waals surface area contributed by atoms with E-state index in [9.17, 15) is 17.6 Å². The van der Waals surface area contributed by atoms with Gasteiger partial charge >= 0.3 is 0 Å². The number of aromatic nitrogens is 5. The molecule has 0 saturated heterocycles. The zero-order valence-electron chi connectivity index (χ0n) is 22.9. The van der Waals surface area contributed by atoms with Crippen molar-refractivity contribution in [2.24, 2.45) is 7.05 Å². The van der Waals surface area contributed by atoms with Crippen molar-refractivity contribution in [3.05, 3.63) is 94.1 Å². The van der Waals surface area contributed by atoms with E-state index in [1.54, 1.807) is 64.7 Å². The highest BCUT2D eigenvalue weighted by molar-refractivity contribution is 7.90. The molecule has 0 unspecified atom stereocenters. The topological polar surface area (TPSA) is 120 Å². The fourth-order valence-electron chi connectivity index (χ4n) is 4.70. The maximum Gasteiger partial charge on any atom is 0.261 e. The first-order valence-corrected chi connectivity index (χ1v) is 14.4. The van der Waals surface area contributed by atoms with E-state index in [2.05, 4.69) is 25.3 Å². The molecule has 1 N–H and O–H groups in total. The van der Waals surface area contributed by atoms with Gasteiger partial charge in [0.1, 0.15) is 17.5 Å². The summed E-state index contributed by atoms with van der Waals surface area (Å²) in [7, 11) is -2.22. The summed E-state index contributed by atoms with van der Waals surface area (Å²) in [5.41, 5.74) is 2.03. The van der Waals surface area contributed by atoms with Crippen LogP contribution in [0.2, 0.25) is 0 Å². The van der Waals surface area contributed by atoms with Crippen LogP contribution in [0.1, 0.15) is 29.9 Å². The fraction of sp³-hybridized carbons (Fsp3) is 0.207. The Morgan fingerprint density at radius 2 is 1.56 bits per heavy atom. The lowest BCUT2D eigenvalue weighted by atomic mass is 9.95. The zero-order chi connectivity index (χ0) is 29.6. The van der Waals surface area contributed by atoms with Crippen LogP contribution in [0.4, 0.5) is 14.5 Å². The number of rotatable bonds is 6. The van der Waals surface area contributed by atoms with E-state index in [1.165, 1.54) is 10.6 Å². The summed E-state index contributed by atoms with van der Waals surface area (Å²) in [6.07, 6.45) is 7.35. The molecule has 0 aliphatic rings. The number of hydrogen-bond donors (Lipinski definition) is 1. The highest BCUT2D eigenvalue weighted by Gasteiger charge is 2.22. The molecular weight excluding hydrogens is 550 g/mol. The van der Waals surface area contributed by atoms with E-state index < -0.39 is 33.1 Å². The summed E-state index contributed by atoms with van der Waals surface area (Å²) >= 11 is 0. The Bertz CT molecular complexity index is 1980. The van der Waals surface area contributed by atoms with Crippen molar-refractivity contribution in [1.82, 2.24) is 24.5 Å². The largest absolute Gasteiger partial charge is 0.377 e. The number of sulfone groups is 1. The number of aryl methyl sites for hydroxylation is 2. The van der Waals surface area contributed by atoms with Gasteiger partial charge in [-0.05, 0) is 61.5 Å². The van der Waals surface area contributed by atoms with E-state index >= 15 is 4.39 Å². The SMILES string of the molecule is Cc1ncc(-c2ncc(-c3cc4c([C@@H](C)Nc5ccc(F)cc5S(C)(=O)=O)cc(C)c(F)c4c(=O)n3C)cn2)cn1. The molecular formula is C29H26F2N6O3S. The Kier molecular flexibility index (Phi) is 7.12. The molecule has 5 aromatic rings. The van der Waals surface area contributed by atoms with Crippen LogP contribution in [0.25, 0.3) is 33.4 Å². The molecule has 0 fully saturated rings. The predicted octanol–water partition coefficient (Wildman–Crippen LogP) is 4.92. The van der Waals surface area contributed by atoms with Gasteiger partial charge in [-0.3, -0.25) is 4.79 Å². The normalized spacial score (nSPS) is 12.5. The highest BCUT2D eigenvalue weighted by atomic mass is 32.2. The summed E-state index contributed by atoms with van der Waals surface area (Å²) in [6, 6.07) is 6.13. The summed E-state index contributed by atoms with van der Waals surface area (Å²) < 4.78 is 55.3. The van der Waals surface area contributed by atoms with Crippen LogP contribution in [0, 0.1) is 25.5 Å². The number of pyridine rings is 1. The number of benzene rings is 2. The predicted molar refractivity (Wildman–Crippen MR) is 152 cm³/mol. The van der Waals surface area contributed by atoms with Crippen LogP contribution >= 0.6 is 0 Å². The second-order valence-corrected chi connectivity index (χ2v) is 11.9. The van der Waals surface area contributed by atoms with Crippen LogP contribution in [-0.4, -0.2) is 39.2 Å². The van der Waals surface area contributed by atoms with Gasteiger partial charge < -0.3 is 9.88 Å². The number of hydrogen-bond acceptors (Lipinski definition) is 8. The lowest BCUT2D eigenvalue weighted by Gasteiger charge is -2.22. The first-order valence-electron chi connectivity index (χ1n) is 12.6. The van der Waals surface area contributed by atoms with Crippen molar-refractivity contribution in [2.45, 2.75) is 31.7 Å². The molecule has 12 heteroatoms. The highest BCUT2D eigenvalue weighted by Crippen LogP contribution is 2.33. The van der Waals surface area contributed by atoms with Gasteiger partial charge in [0.15, 0.2) is 15.7 Å². The van der Waals surface area contributed by atoms with Crippen molar-refractivity contribution >= 4 is 26.3 Å². The summed E-state index contributed by atoms with van der Waals surface area (Å²) in [5, 5.41) is 3.35. The van der Waals surface area contributed by atoms with Crippen LogP contribution in [0.3, 0.4) is 0 Å². The molecule has 2 aromatic carbocycles. The minimum atomic E-state index is -3.76. The van der Waals surface area contributed by atoms with Crippen LogP contribution in [0.5, 0.6) is 0 Å². The molecule has 3 heterocycles. The third kappa shape index (κ3) is 5.30. The number of halogens is 2. The number of fused-ring (bicyclic) bond motifs is 1. The Morgan fingerprint density at radius 1 is 0.927 bits per heavy atom. The Morgan fingerprint density at radius 3 is 2.20 bits per heavy atom. The van der Waals surface area contributed by atoms with Crippen molar-refractivity contribution in [1.29, 1.82) is 0 Å². The van der Waals surface area contributed by atoms with E-state index in [4.69, 9.17) is 0 Å². The first kappa shape index (κ1) is 28.0. The molecule has 0 saturated carbocycles. The summed E-state index contributed by atoms with van der Waals surface area (Å²) in [4.78, 5) is 30.4. The lowest BCUT2D eigenvalue weighted by Crippen LogP contribution is -2.21. The van der Waals surface area contributed by atoms with Crippen molar-refractivity contribution in [3.63, 3.8) is 0 Å². The second-order valence-electron chi connectivity index (χ2n) is 9.87. The molecule has 0 radical (unpaired) electrons. The molecule has 0 bridgehead atoms. The smallest absolute Gasteiger partial charge is 0.261 e. The zero-order valence-corrected chi connectivity index (χ0v) is 23.7. The number of nitrogens with zero attached hydrogens (tertiary/aromatic N) is 5. The minimum Gasteiger partial charge on any atom is -0.377 e. The van der Waals surface area contributed by atoms with Gasteiger partial charge in [0, 0.05) is 49.7 Å². The standard InChI is InChI=1S/C29H26F2N6O3S/c1-15-8-21(16(2)36-23-7-6-20(30)9-25(23)41(5,39)40)22-10-24(37(4)29(38)26(22)27(15)31)18-11-34-28(35-12-18)19-13-32-17(3)33-14-19/h6-14,16,36H,1-5H3/t16-/m1/s1. The minimum absolute atomic E-state index is 0.100. The summed E-state index contributed by atoms with van der Waals surface area (Å²) in [6.45, 7) is 5.08. The summed E-state index contributed by atoms with van der Waals surface area (Å²) in [5.74, 6) is -0.318. The molecule has 41 heavy (non-hydrogen) atoms. The molecule has 0 aliphatic carbocycles. The van der Waals surface area contributed by atoms with Gasteiger partial charge in [-0.15, -0.1) is 0 Å². The average Bonchev–Trinajstić information content (AvgIpc) is 2.93. The van der Waals surface area contributed by atoms with Gasteiger partial charge in [-0.25, -0.2) is 37.1 Å². The second kappa shape index (κ2) is 10.4. The van der Waals surface area contributed by atoms with E-state index in [0.29, 0.717) is 39.4 Å². The first-order chi connectivity index (χ1) is 19.3. The Labute approximate surface area is 234 Å². The van der Waals surface area contributed by atoms with Crippen LogP contribution < -0.4 is 10.9 Å². The fourth-order valence-corrected chi connectivity index (χ4v) is 5.55. The van der Waals surface area contributed by atoms with Crippen molar-refractivity contribution < 1.29 is 17.2 Å². The van der Waals surface area contributed by atoms with Gasteiger partial charge in [0.2, 0.25) is 0 Å². The third-order valence-corrected chi connectivity index (χ3v) is 7.98. The van der Waals surface area contributed by atoms with E-state index in [-0.39, 0.29) is 21.5 Å². The maximum atomic E-state index is 15.4. The lowest BCUT2D eigenvalue weighted by molar-refractivity contribution is 0.596. The molecule has 210 valence electrons. The number of anilines is 1. The molecule has 5 rings (SSSR count). The Hall–Kier alpha value is -4.58. The van der Waals surface area contributed by atoms with Crippen LogP contribution in [0.15, 0.2) is 64.8 Å². The van der Waals surface area contributed by atoms with Crippen LogP contribution in [-0.2, 0) is 16.9 Å². The molecule has 0 spiro atoms. The van der Waals surface area contributed by atoms with Gasteiger partial charge in [-0.1, -0.05) is 6.07 Å². The molecule has 9 nitrogen and oxygen atoms in total. The molecule has 0 aliphatic heterocycles. The average molecular weight is 577 g/mol. The van der Waals surface area contributed by atoms with Gasteiger partial charge in [0.05, 0.1) is 27.2 Å². The monoisotopic (exact) mass is 576 g/mol. The Balaban J connectivity index is 1.63. The molecule has 3 aromatic heterocycles. The van der Waals surface area contributed by atoms with Crippen molar-refractivity contribution in [2.75, 3.05) is 11.6 Å². The quantitative estimate of drug-likeness (QED) is 0.302. The van der Waals surface area contributed by atoms with Gasteiger partial charge in [-0.2, -0.15) is 0 Å². The van der Waals surface area contributed by atoms with Gasteiger partial charge in [0.25, 0.3) is 5.56 Å². The van der Waals surface area contributed by atoms with E-state index in [1.807, 2.05) is 0 Å². The van der Waals surface area contributed by atoms with E-state index in [0.717, 1.165) is 18.4 Å². The number of nitrogens with one attached hydrogen (secondary N) is 1. The van der Waals surface area contributed by atoms with Crippen molar-refractivity contribution in [3.8, 4) is 22.6 Å². The molecule has 1 atom stereocenters. The molecule has 0 amide bonds. The third-order valence-electron chi connectivity index (χ3n) is 6.85. The maximum absolute atomic E-state index is 15.4.